The van der Waals surface area contributed by atoms with Crippen LogP contribution in [0.3, 0.4) is 0 Å². The van der Waals surface area contributed by atoms with Crippen LogP contribution in [0.1, 0.15) is 12.6 Å². The Balaban J connectivity index is 1.56. The molecule has 1 aromatic carbocycles. The van der Waals surface area contributed by atoms with Crippen LogP contribution in [-0.2, 0) is 17.7 Å². The molecule has 1 aliphatic rings. The highest BCUT2D eigenvalue weighted by Crippen LogP contribution is 2.29. The average molecular weight is 403 g/mol. The maximum absolute atomic E-state index is 13.1. The predicted octanol–water partition coefficient (Wildman–Crippen LogP) is 2.61. The third kappa shape index (κ3) is 3.30. The number of ether oxygens (including phenoxy) is 1. The van der Waals surface area contributed by atoms with Crippen molar-refractivity contribution in [1.29, 1.82) is 0 Å². The molecule has 0 spiro atoms. The number of pyridine rings is 1. The van der Waals surface area contributed by atoms with Crippen molar-refractivity contribution in [1.82, 2.24) is 24.1 Å². The lowest BCUT2D eigenvalue weighted by Crippen LogP contribution is -2.39. The van der Waals surface area contributed by atoms with Crippen LogP contribution in [0.2, 0.25) is 0 Å². The summed E-state index contributed by atoms with van der Waals surface area (Å²) < 4.78 is 8.99. The second-order valence-corrected chi connectivity index (χ2v) is 7.60. The highest BCUT2D eigenvalue weighted by molar-refractivity contribution is 5.86. The number of aryl methyl sites for hydroxylation is 1. The van der Waals surface area contributed by atoms with Gasteiger partial charge in [-0.15, -0.1) is 0 Å². The Bertz CT molecular complexity index is 1240. The fourth-order valence-corrected chi connectivity index (χ4v) is 4.15. The van der Waals surface area contributed by atoms with Gasteiger partial charge in [-0.2, -0.15) is 5.10 Å². The van der Waals surface area contributed by atoms with E-state index in [0.717, 1.165) is 67.3 Å². The lowest BCUT2D eigenvalue weighted by atomic mass is 10.0. The lowest BCUT2D eigenvalue weighted by Gasteiger charge is -2.26. The Kier molecular flexibility index (Phi) is 5.06. The fraction of sp³-hybridized carbons (Fsp3) is 0.348. The van der Waals surface area contributed by atoms with E-state index >= 15 is 0 Å². The van der Waals surface area contributed by atoms with Gasteiger partial charge in [-0.3, -0.25) is 9.69 Å². The zero-order chi connectivity index (χ0) is 20.5. The van der Waals surface area contributed by atoms with E-state index in [1.54, 1.807) is 10.8 Å². The van der Waals surface area contributed by atoms with Gasteiger partial charge in [0.15, 0.2) is 5.65 Å². The molecular weight excluding hydrogens is 378 g/mol. The summed E-state index contributed by atoms with van der Waals surface area (Å²) in [6, 6.07) is 12.2. The molecule has 4 aromatic rings. The summed E-state index contributed by atoms with van der Waals surface area (Å²) in [5.41, 5.74) is 4.68. The van der Waals surface area contributed by atoms with Crippen molar-refractivity contribution in [3.05, 3.63) is 64.8 Å². The lowest BCUT2D eigenvalue weighted by molar-refractivity contribution is 0.0363. The Hall–Kier alpha value is -3.03. The number of benzene rings is 1. The summed E-state index contributed by atoms with van der Waals surface area (Å²) in [6.45, 7) is 6.94. The van der Waals surface area contributed by atoms with Gasteiger partial charge >= 0.3 is 0 Å². The van der Waals surface area contributed by atoms with Crippen molar-refractivity contribution in [2.75, 3.05) is 32.8 Å². The minimum Gasteiger partial charge on any atom is -0.379 e. The maximum Gasteiger partial charge on any atom is 0.261 e. The Morgan fingerprint density at radius 2 is 1.87 bits per heavy atom. The van der Waals surface area contributed by atoms with Crippen molar-refractivity contribution in [2.45, 2.75) is 19.9 Å². The molecule has 0 aliphatic carbocycles. The van der Waals surface area contributed by atoms with E-state index in [0.29, 0.717) is 11.9 Å². The molecule has 1 fully saturated rings. The molecule has 0 unspecified atom stereocenters. The molecule has 7 heteroatoms. The van der Waals surface area contributed by atoms with Crippen molar-refractivity contribution < 1.29 is 4.74 Å². The van der Waals surface area contributed by atoms with Crippen LogP contribution in [0.25, 0.3) is 27.7 Å². The molecule has 0 amide bonds. The third-order valence-corrected chi connectivity index (χ3v) is 5.82. The fourth-order valence-electron chi connectivity index (χ4n) is 4.15. The van der Waals surface area contributed by atoms with Gasteiger partial charge in [0.1, 0.15) is 0 Å². The first-order chi connectivity index (χ1) is 14.8. The monoisotopic (exact) mass is 403 g/mol. The van der Waals surface area contributed by atoms with Gasteiger partial charge < -0.3 is 9.30 Å². The number of hydrogen-bond donors (Lipinski definition) is 0. The molecular formula is C23H25N5O2. The van der Waals surface area contributed by atoms with Crippen LogP contribution in [0.5, 0.6) is 0 Å². The van der Waals surface area contributed by atoms with E-state index < -0.39 is 0 Å². The topological polar surface area (TPSA) is 64.7 Å². The summed E-state index contributed by atoms with van der Waals surface area (Å²) in [7, 11) is 0. The molecule has 5 rings (SSSR count). The Morgan fingerprint density at radius 3 is 2.63 bits per heavy atom. The summed E-state index contributed by atoms with van der Waals surface area (Å²) in [5, 5.41) is 5.40. The Morgan fingerprint density at radius 1 is 1.07 bits per heavy atom. The van der Waals surface area contributed by atoms with Gasteiger partial charge in [-0.25, -0.2) is 9.50 Å². The van der Waals surface area contributed by atoms with E-state index in [4.69, 9.17) is 9.84 Å². The molecule has 0 atom stereocenters. The normalized spacial score (nSPS) is 15.2. The van der Waals surface area contributed by atoms with Crippen LogP contribution >= 0.6 is 0 Å². The maximum atomic E-state index is 13.1. The molecule has 4 heterocycles. The van der Waals surface area contributed by atoms with E-state index in [1.807, 2.05) is 35.0 Å². The molecule has 1 saturated heterocycles. The number of nitrogens with zero attached hydrogens (tertiary/aromatic N) is 5. The first-order valence-corrected chi connectivity index (χ1v) is 10.5. The molecule has 0 N–H and O–H groups in total. The summed E-state index contributed by atoms with van der Waals surface area (Å²) in [5.74, 6) is 0. The minimum atomic E-state index is -0.0232. The van der Waals surface area contributed by atoms with Crippen LogP contribution < -0.4 is 5.56 Å². The molecule has 7 nitrogen and oxygen atoms in total. The molecule has 0 saturated carbocycles. The highest BCUT2D eigenvalue weighted by Gasteiger charge is 2.18. The highest BCUT2D eigenvalue weighted by atomic mass is 16.5. The average Bonchev–Trinajstić information content (AvgIpc) is 3.19. The number of fused-ring (bicyclic) bond motifs is 3. The zero-order valence-corrected chi connectivity index (χ0v) is 17.1. The summed E-state index contributed by atoms with van der Waals surface area (Å²) in [6.07, 6.45) is 4.37. The summed E-state index contributed by atoms with van der Waals surface area (Å²) in [4.78, 5) is 20.1. The van der Waals surface area contributed by atoms with Gasteiger partial charge in [0.05, 0.1) is 29.8 Å². The molecule has 154 valence electrons. The van der Waals surface area contributed by atoms with Crippen molar-refractivity contribution in [2.24, 2.45) is 0 Å². The predicted molar refractivity (Wildman–Crippen MR) is 117 cm³/mol. The molecule has 30 heavy (non-hydrogen) atoms. The first-order valence-electron chi connectivity index (χ1n) is 10.5. The molecule has 0 bridgehead atoms. The minimum absolute atomic E-state index is 0.0232. The van der Waals surface area contributed by atoms with Crippen LogP contribution in [0, 0.1) is 0 Å². The first kappa shape index (κ1) is 19.0. The van der Waals surface area contributed by atoms with Crippen molar-refractivity contribution in [3.8, 4) is 11.1 Å². The van der Waals surface area contributed by atoms with Gasteiger partial charge in [-0.05, 0) is 18.1 Å². The smallest absolute Gasteiger partial charge is 0.261 e. The number of aromatic nitrogens is 4. The zero-order valence-electron chi connectivity index (χ0n) is 17.1. The van der Waals surface area contributed by atoms with E-state index in [-0.39, 0.29) is 5.56 Å². The second kappa shape index (κ2) is 8.01. The van der Waals surface area contributed by atoms with Crippen LogP contribution in [0.15, 0.2) is 53.6 Å². The van der Waals surface area contributed by atoms with E-state index in [2.05, 4.69) is 28.9 Å². The Labute approximate surface area is 174 Å². The number of morpholine rings is 1. The van der Waals surface area contributed by atoms with Crippen LogP contribution in [0.4, 0.5) is 0 Å². The quantitative estimate of drug-likeness (QED) is 0.513. The number of rotatable bonds is 5. The van der Waals surface area contributed by atoms with Gasteiger partial charge in [-0.1, -0.05) is 37.3 Å². The third-order valence-electron chi connectivity index (χ3n) is 5.82. The van der Waals surface area contributed by atoms with Gasteiger partial charge in [0.2, 0.25) is 0 Å². The second-order valence-electron chi connectivity index (χ2n) is 7.60. The van der Waals surface area contributed by atoms with Gasteiger partial charge in [0, 0.05) is 44.1 Å². The van der Waals surface area contributed by atoms with Crippen molar-refractivity contribution >= 4 is 16.6 Å². The molecule has 0 radical (unpaired) electrons. The number of hydrogen-bond acceptors (Lipinski definition) is 5. The standard InChI is InChI=1S/C23H25N5O2/c1-2-19-21(17-6-4-3-5-7-17)22-24-16-18-20(28(22)25-19)8-9-27(23(18)29)11-10-26-12-14-30-15-13-26/h3-9,16H,2,10-15H2,1H3. The molecule has 3 aromatic heterocycles. The largest absolute Gasteiger partial charge is 0.379 e. The SMILES string of the molecule is CCc1nn2c(ncc3c(=O)n(CCN4CCOCC4)ccc32)c1-c1ccccc1. The van der Waals surface area contributed by atoms with Crippen LogP contribution in [-0.4, -0.2) is 56.9 Å². The van der Waals surface area contributed by atoms with E-state index in [9.17, 15) is 4.79 Å². The summed E-state index contributed by atoms with van der Waals surface area (Å²) >= 11 is 0. The van der Waals surface area contributed by atoms with Crippen molar-refractivity contribution in [3.63, 3.8) is 0 Å². The molecule has 1 aliphatic heterocycles. The van der Waals surface area contributed by atoms with Gasteiger partial charge in [0.25, 0.3) is 5.56 Å². The van der Waals surface area contributed by atoms with E-state index in [1.165, 1.54) is 0 Å².